The molecule has 22 heavy (non-hydrogen) atoms. The van der Waals surface area contributed by atoms with Gasteiger partial charge in [0.2, 0.25) is 0 Å². The van der Waals surface area contributed by atoms with Gasteiger partial charge in [0.15, 0.2) is 0 Å². The molecule has 0 spiro atoms. The number of benzene rings is 1. The summed E-state index contributed by atoms with van der Waals surface area (Å²) in [7, 11) is 1.53. The van der Waals surface area contributed by atoms with Crippen LogP contribution in [-0.2, 0) is 6.61 Å². The Morgan fingerprint density at radius 3 is 2.95 bits per heavy atom. The van der Waals surface area contributed by atoms with Gasteiger partial charge in [-0.05, 0) is 11.6 Å². The highest BCUT2D eigenvalue weighted by molar-refractivity contribution is 5.97. The first-order valence-corrected chi connectivity index (χ1v) is 6.54. The quantitative estimate of drug-likeness (QED) is 0.569. The van der Waals surface area contributed by atoms with E-state index in [1.54, 1.807) is 30.6 Å². The van der Waals surface area contributed by atoms with Crippen LogP contribution in [0.2, 0.25) is 0 Å². The number of aromatic amines is 1. The van der Waals surface area contributed by atoms with E-state index in [9.17, 15) is 15.2 Å². The summed E-state index contributed by atoms with van der Waals surface area (Å²) in [6, 6.07) is 6.39. The number of aromatic nitrogens is 2. The molecule has 2 N–H and O–H groups in total. The van der Waals surface area contributed by atoms with E-state index in [1.807, 2.05) is 0 Å². The molecule has 0 aliphatic rings. The smallest absolute Gasteiger partial charge is 0.277 e. The summed E-state index contributed by atoms with van der Waals surface area (Å²) >= 11 is 0. The van der Waals surface area contributed by atoms with Crippen LogP contribution in [0.4, 0.5) is 5.69 Å². The molecule has 3 aromatic rings. The van der Waals surface area contributed by atoms with E-state index >= 15 is 0 Å². The molecule has 2 aromatic heterocycles. The molecule has 7 heteroatoms. The molecule has 0 saturated carbocycles. The van der Waals surface area contributed by atoms with Crippen LogP contribution in [0.15, 0.2) is 36.7 Å². The van der Waals surface area contributed by atoms with Gasteiger partial charge in [0, 0.05) is 23.2 Å². The third-order valence-corrected chi connectivity index (χ3v) is 3.51. The molecular weight excluding hydrogens is 286 g/mol. The van der Waals surface area contributed by atoms with Gasteiger partial charge in [-0.2, -0.15) is 0 Å². The van der Waals surface area contributed by atoms with Crippen LogP contribution in [0.3, 0.4) is 0 Å². The maximum absolute atomic E-state index is 11.3. The minimum absolute atomic E-state index is 0.0599. The average Bonchev–Trinajstić information content (AvgIpc) is 2.96. The SMILES string of the molecule is COc1cnc2[nH]cc(-c3c(CO)cccc3[N+](=O)[O-])c2c1. The van der Waals surface area contributed by atoms with Crippen molar-refractivity contribution < 1.29 is 14.8 Å². The first-order valence-electron chi connectivity index (χ1n) is 6.54. The molecule has 0 saturated heterocycles. The Kier molecular flexibility index (Phi) is 3.48. The molecule has 7 nitrogen and oxygen atoms in total. The van der Waals surface area contributed by atoms with Crippen LogP contribution in [0.25, 0.3) is 22.2 Å². The van der Waals surface area contributed by atoms with Crippen molar-refractivity contribution in [2.75, 3.05) is 7.11 Å². The van der Waals surface area contributed by atoms with E-state index < -0.39 is 4.92 Å². The van der Waals surface area contributed by atoms with Gasteiger partial charge in [0.1, 0.15) is 11.4 Å². The standard InChI is InChI=1S/C15H13N3O4/c1-22-10-5-11-12(7-17-15(11)16-6-10)14-9(8-19)3-2-4-13(14)18(20)21/h2-7,19H,8H2,1H3,(H,16,17). The molecule has 0 aliphatic heterocycles. The summed E-state index contributed by atoms with van der Waals surface area (Å²) in [5.74, 6) is 0.553. The molecule has 0 amide bonds. The van der Waals surface area contributed by atoms with Crippen molar-refractivity contribution in [3.8, 4) is 16.9 Å². The molecular formula is C15H13N3O4. The lowest BCUT2D eigenvalue weighted by Crippen LogP contribution is -1.96. The van der Waals surface area contributed by atoms with Gasteiger partial charge in [-0.25, -0.2) is 4.98 Å². The number of rotatable bonds is 4. The molecule has 0 radical (unpaired) electrons. The van der Waals surface area contributed by atoms with E-state index in [4.69, 9.17) is 4.74 Å². The maximum Gasteiger partial charge on any atom is 0.277 e. The fraction of sp³-hybridized carbons (Fsp3) is 0.133. The summed E-state index contributed by atoms with van der Waals surface area (Å²) in [6.07, 6.45) is 3.22. The van der Waals surface area contributed by atoms with Crippen molar-refractivity contribution in [2.24, 2.45) is 0 Å². The van der Waals surface area contributed by atoms with Crippen LogP contribution < -0.4 is 4.74 Å². The number of ether oxygens (including phenoxy) is 1. The number of hydrogen-bond donors (Lipinski definition) is 2. The van der Waals surface area contributed by atoms with Gasteiger partial charge in [-0.15, -0.1) is 0 Å². The highest BCUT2D eigenvalue weighted by atomic mass is 16.6. The van der Waals surface area contributed by atoms with Gasteiger partial charge < -0.3 is 14.8 Å². The Balaban J connectivity index is 2.34. The number of hydrogen-bond acceptors (Lipinski definition) is 5. The van der Waals surface area contributed by atoms with Gasteiger partial charge in [-0.3, -0.25) is 10.1 Å². The van der Waals surface area contributed by atoms with E-state index in [2.05, 4.69) is 9.97 Å². The zero-order valence-corrected chi connectivity index (χ0v) is 11.7. The summed E-state index contributed by atoms with van der Waals surface area (Å²) in [5.41, 5.74) is 2.01. The monoisotopic (exact) mass is 299 g/mol. The van der Waals surface area contributed by atoms with Crippen molar-refractivity contribution in [2.45, 2.75) is 6.61 Å². The highest BCUT2D eigenvalue weighted by Crippen LogP contribution is 2.38. The van der Waals surface area contributed by atoms with Crippen molar-refractivity contribution in [3.05, 3.63) is 52.3 Å². The number of methoxy groups -OCH3 is 1. The summed E-state index contributed by atoms with van der Waals surface area (Å²) in [6.45, 7) is -0.291. The van der Waals surface area contributed by atoms with Gasteiger partial charge in [0.05, 0.1) is 30.4 Å². The molecule has 112 valence electrons. The van der Waals surface area contributed by atoms with Crippen LogP contribution in [0.5, 0.6) is 5.75 Å². The van der Waals surface area contributed by atoms with E-state index in [0.29, 0.717) is 33.5 Å². The molecule has 0 aliphatic carbocycles. The molecule has 0 fully saturated rings. The number of H-pyrrole nitrogens is 1. The van der Waals surface area contributed by atoms with Crippen molar-refractivity contribution >= 4 is 16.7 Å². The lowest BCUT2D eigenvalue weighted by Gasteiger charge is -2.07. The minimum atomic E-state index is -0.457. The highest BCUT2D eigenvalue weighted by Gasteiger charge is 2.21. The van der Waals surface area contributed by atoms with Gasteiger partial charge in [-0.1, -0.05) is 12.1 Å². The second kappa shape index (κ2) is 5.45. The molecule has 2 heterocycles. The number of nitro groups is 1. The van der Waals surface area contributed by atoms with E-state index in [-0.39, 0.29) is 12.3 Å². The normalized spacial score (nSPS) is 10.8. The number of nitrogens with zero attached hydrogens (tertiary/aromatic N) is 2. The molecule has 0 bridgehead atoms. The topological polar surface area (TPSA) is 101 Å². The van der Waals surface area contributed by atoms with Crippen molar-refractivity contribution in [3.63, 3.8) is 0 Å². The summed E-state index contributed by atoms with van der Waals surface area (Å²) < 4.78 is 5.16. The Hall–Kier alpha value is -2.93. The van der Waals surface area contributed by atoms with Crippen LogP contribution in [0.1, 0.15) is 5.56 Å². The average molecular weight is 299 g/mol. The number of fused-ring (bicyclic) bond motifs is 1. The summed E-state index contributed by atoms with van der Waals surface area (Å²) in [5, 5.41) is 21.5. The predicted octanol–water partition coefficient (Wildman–Crippen LogP) is 2.64. The fourth-order valence-corrected chi connectivity index (χ4v) is 2.48. The number of nitrogens with one attached hydrogen (secondary N) is 1. The van der Waals surface area contributed by atoms with E-state index in [1.165, 1.54) is 13.2 Å². The van der Waals surface area contributed by atoms with Crippen LogP contribution in [-0.4, -0.2) is 27.1 Å². The Morgan fingerprint density at radius 2 is 2.27 bits per heavy atom. The molecule has 0 unspecified atom stereocenters. The Labute approximate surface area is 125 Å². The lowest BCUT2D eigenvalue weighted by molar-refractivity contribution is -0.384. The molecule has 0 atom stereocenters. The number of aliphatic hydroxyl groups is 1. The van der Waals surface area contributed by atoms with Gasteiger partial charge in [0.25, 0.3) is 5.69 Å². The number of aliphatic hydroxyl groups excluding tert-OH is 1. The maximum atomic E-state index is 11.3. The summed E-state index contributed by atoms with van der Waals surface area (Å²) in [4.78, 5) is 18.1. The van der Waals surface area contributed by atoms with Crippen molar-refractivity contribution in [1.82, 2.24) is 9.97 Å². The zero-order chi connectivity index (χ0) is 15.7. The molecule has 3 rings (SSSR count). The number of nitro benzene ring substituents is 1. The zero-order valence-electron chi connectivity index (χ0n) is 11.7. The van der Waals surface area contributed by atoms with Gasteiger partial charge >= 0.3 is 0 Å². The lowest BCUT2D eigenvalue weighted by atomic mass is 9.98. The molecule has 1 aromatic carbocycles. The largest absolute Gasteiger partial charge is 0.495 e. The third kappa shape index (κ3) is 2.17. The number of pyridine rings is 1. The Bertz CT molecular complexity index is 857. The minimum Gasteiger partial charge on any atom is -0.495 e. The predicted molar refractivity (Wildman–Crippen MR) is 80.7 cm³/mol. The second-order valence-electron chi connectivity index (χ2n) is 4.70. The first-order chi connectivity index (χ1) is 10.7. The van der Waals surface area contributed by atoms with Crippen molar-refractivity contribution in [1.29, 1.82) is 0 Å². The second-order valence-corrected chi connectivity index (χ2v) is 4.70. The fourth-order valence-electron chi connectivity index (χ4n) is 2.48. The van der Waals surface area contributed by atoms with Crippen LogP contribution >= 0.6 is 0 Å². The van der Waals surface area contributed by atoms with Crippen LogP contribution in [0, 0.1) is 10.1 Å². The first kappa shape index (κ1) is 14.0. The Morgan fingerprint density at radius 1 is 1.45 bits per heavy atom. The third-order valence-electron chi connectivity index (χ3n) is 3.51. The van der Waals surface area contributed by atoms with E-state index in [0.717, 1.165) is 0 Å².